The summed E-state index contributed by atoms with van der Waals surface area (Å²) in [5.74, 6) is -1.76. The van der Waals surface area contributed by atoms with Gasteiger partial charge in [0.2, 0.25) is 0 Å². The molecular formula is C18H24FN3O4. The van der Waals surface area contributed by atoms with Crippen LogP contribution in [0, 0.1) is 6.92 Å². The van der Waals surface area contributed by atoms with Crippen LogP contribution in [0.4, 0.5) is 10.1 Å². The lowest BCUT2D eigenvalue weighted by atomic mass is 9.94. The molecule has 1 aliphatic heterocycles. The molecule has 0 unspecified atom stereocenters. The summed E-state index contributed by atoms with van der Waals surface area (Å²) in [6, 6.07) is 4.77. The highest BCUT2D eigenvalue weighted by Gasteiger charge is 2.36. The molecule has 8 heteroatoms. The maximum Gasteiger partial charge on any atom is 0.313 e. The molecule has 142 valence electrons. The van der Waals surface area contributed by atoms with E-state index in [2.05, 4.69) is 10.6 Å². The van der Waals surface area contributed by atoms with E-state index in [9.17, 15) is 18.8 Å². The van der Waals surface area contributed by atoms with Crippen molar-refractivity contribution in [3.05, 3.63) is 29.3 Å². The summed E-state index contributed by atoms with van der Waals surface area (Å²) in [5.41, 5.74) is -0.133. The van der Waals surface area contributed by atoms with E-state index in [4.69, 9.17) is 5.11 Å². The number of carbonyl (C=O) groups excluding carboxylic acids is 3. The molecule has 0 aliphatic carbocycles. The van der Waals surface area contributed by atoms with E-state index in [1.807, 2.05) is 6.92 Å². The number of hydrogen-bond acceptors (Lipinski definition) is 4. The van der Waals surface area contributed by atoms with Gasteiger partial charge in [-0.3, -0.25) is 14.4 Å². The van der Waals surface area contributed by atoms with Gasteiger partial charge in [0.25, 0.3) is 5.91 Å². The summed E-state index contributed by atoms with van der Waals surface area (Å²) in [6.07, 6.45) is 0.00553. The van der Waals surface area contributed by atoms with Gasteiger partial charge in [-0.1, -0.05) is 0 Å². The number of rotatable bonds is 4. The maximum atomic E-state index is 14.0. The van der Waals surface area contributed by atoms with Crippen LogP contribution in [-0.2, 0) is 9.59 Å². The number of nitrogens with zero attached hydrogens (tertiary/aromatic N) is 1. The van der Waals surface area contributed by atoms with Crippen LogP contribution >= 0.6 is 0 Å². The molecule has 0 atom stereocenters. The molecule has 0 aromatic heterocycles. The van der Waals surface area contributed by atoms with Gasteiger partial charge in [-0.15, -0.1) is 0 Å². The van der Waals surface area contributed by atoms with Gasteiger partial charge in [0.1, 0.15) is 5.67 Å². The van der Waals surface area contributed by atoms with Crippen molar-refractivity contribution < 1.29 is 23.9 Å². The quantitative estimate of drug-likeness (QED) is 0.694. The molecule has 1 fully saturated rings. The molecule has 1 heterocycles. The molecule has 1 aromatic rings. The van der Waals surface area contributed by atoms with Crippen molar-refractivity contribution in [2.45, 2.75) is 32.4 Å². The van der Waals surface area contributed by atoms with Crippen LogP contribution in [0.25, 0.3) is 0 Å². The Hall–Kier alpha value is -2.48. The number of aryl methyl sites for hydroxylation is 1. The van der Waals surface area contributed by atoms with E-state index in [0.717, 1.165) is 0 Å². The number of nitrogens with one attached hydrogen (secondary N) is 2. The van der Waals surface area contributed by atoms with Crippen LogP contribution in [-0.4, -0.2) is 59.6 Å². The van der Waals surface area contributed by atoms with E-state index in [1.165, 1.54) is 4.90 Å². The van der Waals surface area contributed by atoms with E-state index >= 15 is 0 Å². The zero-order valence-electron chi connectivity index (χ0n) is 15.0. The van der Waals surface area contributed by atoms with Gasteiger partial charge in [-0.25, -0.2) is 4.39 Å². The number of halogens is 1. The number of likely N-dealkylation sites (tertiary alicyclic amines) is 1. The summed E-state index contributed by atoms with van der Waals surface area (Å²) in [4.78, 5) is 37.5. The number of aliphatic hydroxyl groups is 1. The molecular weight excluding hydrogens is 341 g/mol. The van der Waals surface area contributed by atoms with Crippen LogP contribution < -0.4 is 10.6 Å². The second-order valence-electron chi connectivity index (χ2n) is 6.44. The molecule has 3 amide bonds. The molecule has 3 N–H and O–H groups in total. The van der Waals surface area contributed by atoms with Gasteiger partial charge >= 0.3 is 11.8 Å². The third kappa shape index (κ3) is 4.57. The van der Waals surface area contributed by atoms with Gasteiger partial charge in [0.15, 0.2) is 0 Å². The summed E-state index contributed by atoms with van der Waals surface area (Å²) in [5, 5.41) is 14.2. The fraction of sp³-hybridized carbons (Fsp3) is 0.500. The smallest absolute Gasteiger partial charge is 0.313 e. The zero-order chi connectivity index (χ0) is 19.3. The minimum atomic E-state index is -1.68. The Kier molecular flexibility index (Phi) is 6.31. The highest BCUT2D eigenvalue weighted by atomic mass is 19.1. The van der Waals surface area contributed by atoms with Crippen molar-refractivity contribution in [3.8, 4) is 0 Å². The fourth-order valence-electron chi connectivity index (χ4n) is 2.80. The number of carbonyl (C=O) groups is 3. The molecule has 0 bridgehead atoms. The molecule has 0 saturated carbocycles. The van der Waals surface area contributed by atoms with Gasteiger partial charge in [0.05, 0.1) is 6.61 Å². The van der Waals surface area contributed by atoms with Crippen molar-refractivity contribution in [1.82, 2.24) is 10.2 Å². The van der Waals surface area contributed by atoms with Crippen molar-refractivity contribution >= 4 is 23.4 Å². The Morgan fingerprint density at radius 3 is 2.46 bits per heavy atom. The van der Waals surface area contributed by atoms with Crippen molar-refractivity contribution in [3.63, 3.8) is 0 Å². The van der Waals surface area contributed by atoms with Crippen LogP contribution in [0.5, 0.6) is 0 Å². The Morgan fingerprint density at radius 2 is 1.92 bits per heavy atom. The summed E-state index contributed by atoms with van der Waals surface area (Å²) >= 11 is 0. The first kappa shape index (κ1) is 19.8. The Balaban J connectivity index is 1.99. The van der Waals surface area contributed by atoms with Crippen LogP contribution in [0.3, 0.4) is 0 Å². The minimum Gasteiger partial charge on any atom is -0.393 e. The van der Waals surface area contributed by atoms with Crippen molar-refractivity contribution in [2.24, 2.45) is 0 Å². The molecule has 1 aliphatic rings. The first-order valence-corrected chi connectivity index (χ1v) is 8.58. The monoisotopic (exact) mass is 365 g/mol. The number of amides is 3. The van der Waals surface area contributed by atoms with Crippen LogP contribution in [0.1, 0.15) is 35.7 Å². The lowest BCUT2D eigenvalue weighted by Gasteiger charge is -2.34. The predicted molar refractivity (Wildman–Crippen MR) is 94.6 cm³/mol. The largest absolute Gasteiger partial charge is 0.393 e. The summed E-state index contributed by atoms with van der Waals surface area (Å²) in [7, 11) is 0. The van der Waals surface area contributed by atoms with Gasteiger partial charge in [-0.2, -0.15) is 0 Å². The predicted octanol–water partition coefficient (Wildman–Crippen LogP) is 1.01. The van der Waals surface area contributed by atoms with Crippen LogP contribution in [0.2, 0.25) is 0 Å². The van der Waals surface area contributed by atoms with Crippen molar-refractivity contribution in [2.75, 3.05) is 31.6 Å². The third-order valence-electron chi connectivity index (χ3n) is 4.50. The average molecular weight is 365 g/mol. The topological polar surface area (TPSA) is 98.7 Å². The summed E-state index contributed by atoms with van der Waals surface area (Å²) in [6.45, 7) is 3.63. The molecule has 26 heavy (non-hydrogen) atoms. The van der Waals surface area contributed by atoms with E-state index < -0.39 is 24.1 Å². The lowest BCUT2D eigenvalue weighted by Crippen LogP contribution is -2.49. The van der Waals surface area contributed by atoms with Crippen molar-refractivity contribution in [1.29, 1.82) is 0 Å². The fourth-order valence-corrected chi connectivity index (χ4v) is 2.80. The first-order chi connectivity index (χ1) is 12.3. The second kappa shape index (κ2) is 8.27. The number of benzene rings is 1. The second-order valence-corrected chi connectivity index (χ2v) is 6.44. The lowest BCUT2D eigenvalue weighted by molar-refractivity contribution is -0.145. The molecule has 1 saturated heterocycles. The standard InChI is InChI=1S/C18H24FN3O4/c1-3-20-15(24)13-4-5-14(12(2)10-13)21-16(25)17(26)22-8-6-18(19,11-23)7-9-22/h4-5,10,23H,3,6-9,11H2,1-2H3,(H,20,24)(H,21,25). The number of aliphatic hydroxyl groups excluding tert-OH is 1. The van der Waals surface area contributed by atoms with E-state index in [0.29, 0.717) is 23.4 Å². The zero-order valence-corrected chi connectivity index (χ0v) is 15.0. The molecule has 7 nitrogen and oxygen atoms in total. The molecule has 0 spiro atoms. The number of piperidine rings is 1. The Bertz CT molecular complexity index is 700. The third-order valence-corrected chi connectivity index (χ3v) is 4.50. The van der Waals surface area contributed by atoms with Gasteiger partial charge < -0.3 is 20.6 Å². The van der Waals surface area contributed by atoms with Gasteiger partial charge in [-0.05, 0) is 37.6 Å². The Labute approximate surface area is 151 Å². The SMILES string of the molecule is CCNC(=O)c1ccc(NC(=O)C(=O)N2CCC(F)(CO)CC2)c(C)c1. The minimum absolute atomic E-state index is 0.00276. The van der Waals surface area contributed by atoms with E-state index in [-0.39, 0.29) is 31.8 Å². The number of alkyl halides is 1. The number of hydrogen-bond donors (Lipinski definition) is 3. The van der Waals surface area contributed by atoms with E-state index in [1.54, 1.807) is 25.1 Å². The van der Waals surface area contributed by atoms with Gasteiger partial charge in [0, 0.05) is 43.7 Å². The highest BCUT2D eigenvalue weighted by Crippen LogP contribution is 2.26. The molecule has 2 rings (SSSR count). The maximum absolute atomic E-state index is 14.0. The average Bonchev–Trinajstić information content (AvgIpc) is 2.63. The molecule has 1 aromatic carbocycles. The summed E-state index contributed by atoms with van der Waals surface area (Å²) < 4.78 is 14.0. The highest BCUT2D eigenvalue weighted by molar-refractivity contribution is 6.39. The number of anilines is 1. The first-order valence-electron chi connectivity index (χ1n) is 8.58. The normalized spacial score (nSPS) is 16.1. The Morgan fingerprint density at radius 1 is 1.27 bits per heavy atom. The molecule has 0 radical (unpaired) electrons. The van der Waals surface area contributed by atoms with Crippen LogP contribution in [0.15, 0.2) is 18.2 Å².